The van der Waals surface area contributed by atoms with Crippen molar-refractivity contribution < 1.29 is 39.6 Å². The van der Waals surface area contributed by atoms with Gasteiger partial charge in [-0.25, -0.2) is 0 Å². The Morgan fingerprint density at radius 1 is 1.10 bits per heavy atom. The molecule has 0 spiro atoms. The van der Waals surface area contributed by atoms with Crippen molar-refractivity contribution in [1.82, 2.24) is 9.80 Å². The number of hydrogen-bond donors (Lipinski definition) is 5. The summed E-state index contributed by atoms with van der Waals surface area (Å²) in [5.41, 5.74) is 1.94. The predicted molar refractivity (Wildman–Crippen MR) is 150 cm³/mol. The summed E-state index contributed by atoms with van der Waals surface area (Å²) in [5.74, 6) is -7.35. The zero-order chi connectivity index (χ0) is 30.9. The Kier molecular flexibility index (Phi) is 7.47. The molecule has 4 rings (SSSR count). The van der Waals surface area contributed by atoms with E-state index >= 15 is 0 Å². The molecule has 3 aliphatic rings. The van der Waals surface area contributed by atoms with E-state index in [2.05, 4.69) is 0 Å². The van der Waals surface area contributed by atoms with E-state index < -0.39 is 63.5 Å². The molecule has 4 atom stereocenters. The van der Waals surface area contributed by atoms with Crippen molar-refractivity contribution in [2.75, 3.05) is 34.7 Å². The number of amides is 1. The SMILES string of the molecule is CN(C)CCC(=O)c1cc(C(C)(C)C)c(O)c2c1CC1CC3C(N(C)C)C(=O)C(C(N)=O)=C(O)C3(O)C(=O)C1=C2O. The highest BCUT2D eigenvalue weighted by Gasteiger charge is 2.64. The van der Waals surface area contributed by atoms with Crippen LogP contribution >= 0.6 is 0 Å². The summed E-state index contributed by atoms with van der Waals surface area (Å²) in [4.78, 5) is 56.3. The minimum Gasteiger partial charge on any atom is -0.508 e. The van der Waals surface area contributed by atoms with Crippen LogP contribution in [0.4, 0.5) is 0 Å². The van der Waals surface area contributed by atoms with Gasteiger partial charge in [-0.05, 0) is 64.0 Å². The highest BCUT2D eigenvalue weighted by molar-refractivity contribution is 6.24. The maximum absolute atomic E-state index is 14.1. The molecule has 1 saturated carbocycles. The molecule has 1 aromatic rings. The molecular weight excluding hydrogens is 530 g/mol. The average molecular weight is 570 g/mol. The summed E-state index contributed by atoms with van der Waals surface area (Å²) in [6.07, 6.45) is 0.206. The molecular formula is C30H39N3O8. The number of aromatic hydroxyl groups is 1. The van der Waals surface area contributed by atoms with Crippen LogP contribution in [0.25, 0.3) is 5.76 Å². The Morgan fingerprint density at radius 3 is 2.22 bits per heavy atom. The highest BCUT2D eigenvalue weighted by Crippen LogP contribution is 2.54. The van der Waals surface area contributed by atoms with Crippen LogP contribution < -0.4 is 5.73 Å². The zero-order valence-corrected chi connectivity index (χ0v) is 24.5. The summed E-state index contributed by atoms with van der Waals surface area (Å²) < 4.78 is 0. The molecule has 0 aliphatic heterocycles. The minimum atomic E-state index is -2.72. The molecule has 0 aromatic heterocycles. The molecule has 0 radical (unpaired) electrons. The molecule has 41 heavy (non-hydrogen) atoms. The van der Waals surface area contributed by atoms with E-state index in [1.54, 1.807) is 20.2 Å². The van der Waals surface area contributed by atoms with Gasteiger partial charge in [0, 0.05) is 35.6 Å². The number of ketones is 3. The smallest absolute Gasteiger partial charge is 0.255 e. The fourth-order valence-corrected chi connectivity index (χ4v) is 6.59. The van der Waals surface area contributed by atoms with Crippen LogP contribution in [0.1, 0.15) is 60.7 Å². The van der Waals surface area contributed by atoms with Gasteiger partial charge in [0.15, 0.2) is 17.2 Å². The van der Waals surface area contributed by atoms with Gasteiger partial charge in [-0.2, -0.15) is 0 Å². The summed E-state index contributed by atoms with van der Waals surface area (Å²) in [6, 6.07) is 0.469. The summed E-state index contributed by atoms with van der Waals surface area (Å²) in [7, 11) is 6.77. The third-order valence-corrected chi connectivity index (χ3v) is 8.62. The second kappa shape index (κ2) is 10.1. The Balaban J connectivity index is 2.00. The van der Waals surface area contributed by atoms with Crippen molar-refractivity contribution in [2.45, 2.75) is 57.1 Å². The largest absolute Gasteiger partial charge is 0.508 e. The lowest BCUT2D eigenvalue weighted by molar-refractivity contribution is -0.153. The first-order valence-electron chi connectivity index (χ1n) is 13.6. The minimum absolute atomic E-state index is 0.0428. The van der Waals surface area contributed by atoms with Gasteiger partial charge in [0.25, 0.3) is 5.91 Å². The number of aliphatic hydroxyl groups is 3. The van der Waals surface area contributed by atoms with Crippen molar-refractivity contribution in [1.29, 1.82) is 0 Å². The molecule has 11 nitrogen and oxygen atoms in total. The lowest BCUT2D eigenvalue weighted by Crippen LogP contribution is -2.65. The Morgan fingerprint density at radius 2 is 1.71 bits per heavy atom. The zero-order valence-electron chi connectivity index (χ0n) is 24.5. The van der Waals surface area contributed by atoms with Crippen LogP contribution in [-0.4, -0.2) is 99.9 Å². The maximum Gasteiger partial charge on any atom is 0.255 e. The highest BCUT2D eigenvalue weighted by atomic mass is 16.3. The van der Waals surface area contributed by atoms with E-state index in [9.17, 15) is 39.6 Å². The molecule has 0 bridgehead atoms. The van der Waals surface area contributed by atoms with Gasteiger partial charge in [-0.1, -0.05) is 20.8 Å². The van der Waals surface area contributed by atoms with Gasteiger partial charge in [0.1, 0.15) is 22.8 Å². The Bertz CT molecular complexity index is 1430. The molecule has 1 aromatic carbocycles. The Hall–Kier alpha value is -3.54. The summed E-state index contributed by atoms with van der Waals surface area (Å²) in [6.45, 7) is 5.99. The molecule has 0 heterocycles. The second-order valence-electron chi connectivity index (χ2n) is 12.9. The molecule has 0 saturated heterocycles. The molecule has 11 heteroatoms. The van der Waals surface area contributed by atoms with E-state index in [4.69, 9.17) is 5.73 Å². The summed E-state index contributed by atoms with van der Waals surface area (Å²) >= 11 is 0. The van der Waals surface area contributed by atoms with Crippen molar-refractivity contribution in [2.24, 2.45) is 17.6 Å². The number of aliphatic hydroxyl groups excluding tert-OH is 2. The van der Waals surface area contributed by atoms with Crippen molar-refractivity contribution in [3.63, 3.8) is 0 Å². The van der Waals surface area contributed by atoms with Gasteiger partial charge < -0.3 is 31.1 Å². The predicted octanol–water partition coefficient (Wildman–Crippen LogP) is 1.40. The number of carbonyl (C=O) groups excluding carboxylic acids is 4. The number of phenols is 1. The van der Waals surface area contributed by atoms with Gasteiger partial charge in [-0.3, -0.25) is 24.1 Å². The molecule has 222 valence electrons. The first-order chi connectivity index (χ1) is 18.8. The quantitative estimate of drug-likeness (QED) is 0.248. The number of primary amides is 1. The van der Waals surface area contributed by atoms with Gasteiger partial charge in [0.05, 0.1) is 11.6 Å². The molecule has 4 unspecified atom stereocenters. The third kappa shape index (κ3) is 4.56. The molecule has 1 amide bonds. The van der Waals surface area contributed by atoms with Crippen LogP contribution in [0, 0.1) is 11.8 Å². The number of phenolic OH excluding ortho intramolecular Hbond substituents is 1. The van der Waals surface area contributed by atoms with E-state index in [-0.39, 0.29) is 41.9 Å². The second-order valence-corrected chi connectivity index (χ2v) is 12.9. The van der Waals surface area contributed by atoms with Gasteiger partial charge >= 0.3 is 0 Å². The number of hydrogen-bond acceptors (Lipinski definition) is 10. The normalized spacial score (nSPS) is 26.3. The first kappa shape index (κ1) is 30.4. The first-order valence-corrected chi connectivity index (χ1v) is 13.6. The standard InChI is InChI=1S/C30H39N3O8/c1-29(2,3)17-12-14(18(34)8-9-32(4)5)15-10-13-11-16-22(33(6)7)25(37)21(28(31)40)27(39)30(16,41)26(38)19(13)24(36)20(15)23(17)35/h12-13,16,22,35-36,39,41H,8-11H2,1-7H3,(H2,31,40). The average Bonchev–Trinajstić information content (AvgIpc) is 2.83. The van der Waals surface area contributed by atoms with Gasteiger partial charge in [0.2, 0.25) is 5.78 Å². The van der Waals surface area contributed by atoms with Crippen molar-refractivity contribution >= 4 is 29.0 Å². The monoisotopic (exact) mass is 569 g/mol. The number of nitrogens with two attached hydrogens (primary N) is 1. The number of benzene rings is 1. The molecule has 1 fully saturated rings. The van der Waals surface area contributed by atoms with Crippen LogP contribution in [0.2, 0.25) is 0 Å². The van der Waals surface area contributed by atoms with Crippen LogP contribution in [0.3, 0.4) is 0 Å². The number of fused-ring (bicyclic) bond motifs is 3. The van der Waals surface area contributed by atoms with Crippen molar-refractivity contribution in [3.8, 4) is 5.75 Å². The molecule has 3 aliphatic carbocycles. The van der Waals surface area contributed by atoms with Gasteiger partial charge in [-0.15, -0.1) is 0 Å². The fourth-order valence-electron chi connectivity index (χ4n) is 6.59. The lowest BCUT2D eigenvalue weighted by Gasteiger charge is -2.50. The van der Waals surface area contributed by atoms with Crippen LogP contribution in [0.15, 0.2) is 23.0 Å². The number of Topliss-reactive ketones (excluding diaryl/α,β-unsaturated/α-hetero) is 3. The van der Waals surface area contributed by atoms with Crippen molar-refractivity contribution in [3.05, 3.63) is 45.2 Å². The number of nitrogens with zero attached hydrogens (tertiary/aromatic N) is 2. The van der Waals surface area contributed by atoms with Crippen LogP contribution in [0.5, 0.6) is 5.75 Å². The lowest BCUT2D eigenvalue weighted by atomic mass is 9.57. The summed E-state index contributed by atoms with van der Waals surface area (Å²) in [5, 5.41) is 45.8. The van der Waals surface area contributed by atoms with Crippen LogP contribution in [-0.2, 0) is 26.2 Å². The third-order valence-electron chi connectivity index (χ3n) is 8.62. The van der Waals surface area contributed by atoms with E-state index in [0.29, 0.717) is 23.2 Å². The number of rotatable bonds is 6. The fraction of sp³-hybridized carbons (Fsp3) is 0.533. The Labute approximate surface area is 238 Å². The number of carbonyl (C=O) groups is 4. The van der Waals surface area contributed by atoms with E-state index in [1.165, 1.54) is 4.90 Å². The topological polar surface area (TPSA) is 182 Å². The van der Waals surface area contributed by atoms with E-state index in [0.717, 1.165) is 0 Å². The maximum atomic E-state index is 14.1. The molecule has 6 N–H and O–H groups in total. The van der Waals surface area contributed by atoms with E-state index in [1.807, 2.05) is 39.8 Å². The number of likely N-dealkylation sites (N-methyl/N-ethyl adjacent to an activating group) is 1.